The largest absolute Gasteiger partial charge is 0.468 e. The number of thiazole rings is 1. The number of methoxy groups -OCH3 is 1. The lowest BCUT2D eigenvalue weighted by Crippen LogP contribution is -2.22. The van der Waals surface area contributed by atoms with E-state index in [1.54, 1.807) is 0 Å². The predicted octanol–water partition coefficient (Wildman–Crippen LogP) is 2.43. The van der Waals surface area contributed by atoms with Crippen molar-refractivity contribution in [2.45, 2.75) is 6.54 Å². The molecule has 0 N–H and O–H groups in total. The minimum absolute atomic E-state index is 0.0500. The maximum atomic E-state index is 12.6. The number of nitro groups is 2. The smallest absolute Gasteiger partial charge is 0.325 e. The number of para-hydroxylation sites is 1. The number of carbonyl (C=O) groups excluding carboxylic acids is 2. The molecule has 1 heterocycles. The molecule has 1 aromatic heterocycles. The van der Waals surface area contributed by atoms with E-state index < -0.39 is 27.4 Å². The van der Waals surface area contributed by atoms with E-state index in [0.29, 0.717) is 10.2 Å². The van der Waals surface area contributed by atoms with Gasteiger partial charge in [-0.15, -0.1) is 0 Å². The molecule has 0 bridgehead atoms. The maximum absolute atomic E-state index is 12.6. The number of hydrogen-bond donors (Lipinski definition) is 0. The van der Waals surface area contributed by atoms with E-state index in [-0.39, 0.29) is 22.6 Å². The third kappa shape index (κ3) is 4.01. The van der Waals surface area contributed by atoms with Gasteiger partial charge in [0.1, 0.15) is 12.1 Å². The van der Waals surface area contributed by atoms with Crippen LogP contribution in [0.1, 0.15) is 10.4 Å². The Balaban J connectivity index is 2.21. The lowest BCUT2D eigenvalue weighted by atomic mass is 10.2. The molecule has 0 saturated carbocycles. The molecule has 0 radical (unpaired) electrons. The van der Waals surface area contributed by atoms with Crippen molar-refractivity contribution < 1.29 is 24.2 Å². The predicted molar refractivity (Wildman–Crippen MR) is 101 cm³/mol. The van der Waals surface area contributed by atoms with Crippen LogP contribution in [0.5, 0.6) is 0 Å². The summed E-state index contributed by atoms with van der Waals surface area (Å²) in [5.74, 6) is -1.53. The zero-order valence-electron chi connectivity index (χ0n) is 14.8. The van der Waals surface area contributed by atoms with Crippen LogP contribution in [-0.4, -0.2) is 33.4 Å². The highest BCUT2D eigenvalue weighted by atomic mass is 32.1. The fourth-order valence-corrected chi connectivity index (χ4v) is 3.57. The molecule has 0 atom stereocenters. The van der Waals surface area contributed by atoms with E-state index in [2.05, 4.69) is 9.73 Å². The van der Waals surface area contributed by atoms with E-state index >= 15 is 0 Å². The number of rotatable bonds is 5. The molecule has 3 aromatic rings. The molecule has 11 nitrogen and oxygen atoms in total. The summed E-state index contributed by atoms with van der Waals surface area (Å²) in [5, 5.41) is 22.2. The van der Waals surface area contributed by atoms with E-state index in [0.717, 1.165) is 11.3 Å². The molecule has 0 aliphatic heterocycles. The van der Waals surface area contributed by atoms with Gasteiger partial charge in [0.2, 0.25) is 0 Å². The summed E-state index contributed by atoms with van der Waals surface area (Å²) < 4.78 is 6.47. The number of fused-ring (bicyclic) bond motifs is 1. The summed E-state index contributed by atoms with van der Waals surface area (Å²) in [6.07, 6.45) is 0. The maximum Gasteiger partial charge on any atom is 0.325 e. The van der Waals surface area contributed by atoms with E-state index in [1.165, 1.54) is 54.1 Å². The first-order chi connectivity index (χ1) is 13.8. The Morgan fingerprint density at radius 3 is 2.52 bits per heavy atom. The van der Waals surface area contributed by atoms with Crippen LogP contribution in [0.2, 0.25) is 0 Å². The Morgan fingerprint density at radius 2 is 1.86 bits per heavy atom. The number of nitro benzene ring substituents is 2. The standard InChI is InChI=1S/C17H12N4O7S/c1-28-15(22)9-19-13-8-10(20(24)25)6-7-14(13)29-17(19)18-16(23)11-4-2-3-5-12(11)21(26)27/h2-8H,9H2,1H3. The number of aromatic nitrogens is 1. The van der Waals surface area contributed by atoms with Crippen LogP contribution < -0.4 is 4.80 Å². The van der Waals surface area contributed by atoms with Crippen LogP contribution in [0, 0.1) is 20.2 Å². The molecule has 3 rings (SSSR count). The molecule has 0 aliphatic rings. The Labute approximate surface area is 165 Å². The number of non-ortho nitro benzene ring substituents is 1. The van der Waals surface area contributed by atoms with Gasteiger partial charge < -0.3 is 9.30 Å². The van der Waals surface area contributed by atoms with Crippen LogP contribution >= 0.6 is 11.3 Å². The second kappa shape index (κ2) is 7.98. The normalized spacial score (nSPS) is 11.4. The summed E-state index contributed by atoms with van der Waals surface area (Å²) in [7, 11) is 1.18. The van der Waals surface area contributed by atoms with Crippen LogP contribution in [0.4, 0.5) is 11.4 Å². The second-order valence-corrected chi connectivity index (χ2v) is 6.66. The second-order valence-electron chi connectivity index (χ2n) is 5.65. The van der Waals surface area contributed by atoms with Crippen molar-refractivity contribution in [1.82, 2.24) is 4.57 Å². The minimum Gasteiger partial charge on any atom is -0.468 e. The van der Waals surface area contributed by atoms with Gasteiger partial charge in [0.25, 0.3) is 17.3 Å². The fourth-order valence-electron chi connectivity index (χ4n) is 2.56. The fraction of sp³-hybridized carbons (Fsp3) is 0.118. The van der Waals surface area contributed by atoms with Crippen molar-refractivity contribution in [3.05, 3.63) is 73.1 Å². The molecule has 12 heteroatoms. The minimum atomic E-state index is -0.878. The lowest BCUT2D eigenvalue weighted by molar-refractivity contribution is -0.385. The van der Waals surface area contributed by atoms with Crippen molar-refractivity contribution in [3.63, 3.8) is 0 Å². The highest BCUT2D eigenvalue weighted by Gasteiger charge is 2.20. The van der Waals surface area contributed by atoms with Gasteiger partial charge in [-0.25, -0.2) is 0 Å². The average molecular weight is 416 g/mol. The number of nitrogens with zero attached hydrogens (tertiary/aromatic N) is 4. The Morgan fingerprint density at radius 1 is 1.14 bits per heavy atom. The van der Waals surface area contributed by atoms with Crippen LogP contribution in [0.3, 0.4) is 0 Å². The highest BCUT2D eigenvalue weighted by Crippen LogP contribution is 2.24. The first-order valence-electron chi connectivity index (χ1n) is 7.99. The number of amides is 1. The number of hydrogen-bond acceptors (Lipinski definition) is 8. The molecule has 0 saturated heterocycles. The zero-order chi connectivity index (χ0) is 21.1. The molecule has 148 valence electrons. The summed E-state index contributed by atoms with van der Waals surface area (Å²) >= 11 is 1.01. The quantitative estimate of drug-likeness (QED) is 0.352. The van der Waals surface area contributed by atoms with Gasteiger partial charge in [0.15, 0.2) is 4.80 Å². The number of ether oxygens (including phenoxy) is 1. The number of carbonyl (C=O) groups is 2. The molecular weight excluding hydrogens is 404 g/mol. The van der Waals surface area contributed by atoms with Crippen molar-refractivity contribution in [3.8, 4) is 0 Å². The third-order valence-corrected chi connectivity index (χ3v) is 4.98. The van der Waals surface area contributed by atoms with E-state index in [1.807, 2.05) is 0 Å². The van der Waals surface area contributed by atoms with Crippen molar-refractivity contribution in [2.75, 3.05) is 7.11 Å². The van der Waals surface area contributed by atoms with Crippen molar-refractivity contribution in [2.24, 2.45) is 4.99 Å². The van der Waals surface area contributed by atoms with Gasteiger partial charge in [-0.05, 0) is 12.1 Å². The molecule has 0 aliphatic carbocycles. The molecule has 2 aromatic carbocycles. The number of esters is 1. The summed E-state index contributed by atoms with van der Waals surface area (Å²) in [4.78, 5) is 49.3. The molecule has 1 amide bonds. The van der Waals surface area contributed by atoms with Crippen LogP contribution in [-0.2, 0) is 16.1 Å². The monoisotopic (exact) mass is 416 g/mol. The average Bonchev–Trinajstić information content (AvgIpc) is 3.03. The van der Waals surface area contributed by atoms with Crippen molar-refractivity contribution in [1.29, 1.82) is 0 Å². The number of benzene rings is 2. The molecule has 0 spiro atoms. The molecule has 29 heavy (non-hydrogen) atoms. The lowest BCUT2D eigenvalue weighted by Gasteiger charge is -2.03. The molecular formula is C17H12N4O7S. The van der Waals surface area contributed by atoms with Gasteiger partial charge in [-0.1, -0.05) is 23.5 Å². The Bertz CT molecular complexity index is 1230. The summed E-state index contributed by atoms with van der Waals surface area (Å²) in [5.41, 5.74) is -0.516. The topological polar surface area (TPSA) is 147 Å². The van der Waals surface area contributed by atoms with Crippen LogP contribution in [0.15, 0.2) is 47.5 Å². The van der Waals surface area contributed by atoms with Gasteiger partial charge in [-0.3, -0.25) is 29.8 Å². The Hall–Kier alpha value is -3.93. The van der Waals surface area contributed by atoms with Gasteiger partial charge in [0.05, 0.1) is 27.2 Å². The summed E-state index contributed by atoms with van der Waals surface area (Å²) in [6.45, 7) is -0.347. The Kier molecular flexibility index (Phi) is 5.45. The SMILES string of the molecule is COC(=O)Cn1c(=NC(=O)c2ccccc2[N+](=O)[O-])sc2ccc([N+](=O)[O-])cc21. The van der Waals surface area contributed by atoms with Gasteiger partial charge >= 0.3 is 5.97 Å². The third-order valence-electron chi connectivity index (χ3n) is 3.92. The van der Waals surface area contributed by atoms with E-state index in [4.69, 9.17) is 0 Å². The van der Waals surface area contributed by atoms with Crippen molar-refractivity contribution >= 4 is 44.8 Å². The van der Waals surface area contributed by atoms with Gasteiger partial charge in [0, 0.05) is 18.2 Å². The first kappa shape index (κ1) is 19.8. The zero-order valence-corrected chi connectivity index (χ0v) is 15.6. The molecule has 0 fully saturated rings. The van der Waals surface area contributed by atoms with Gasteiger partial charge in [-0.2, -0.15) is 4.99 Å². The summed E-state index contributed by atoms with van der Waals surface area (Å²) in [6, 6.07) is 9.35. The molecule has 0 unspecified atom stereocenters. The van der Waals surface area contributed by atoms with Crippen LogP contribution in [0.25, 0.3) is 10.2 Å². The highest BCUT2D eigenvalue weighted by molar-refractivity contribution is 7.16. The first-order valence-corrected chi connectivity index (χ1v) is 8.80. The van der Waals surface area contributed by atoms with E-state index in [9.17, 15) is 29.8 Å².